The Bertz CT molecular complexity index is 346. The van der Waals surface area contributed by atoms with Crippen LogP contribution in [0.25, 0.3) is 0 Å². The number of nitrogens with zero attached hydrogens (tertiary/aromatic N) is 2. The monoisotopic (exact) mass is 313 g/mol. The molecule has 0 aromatic heterocycles. The predicted octanol–water partition coefficient (Wildman–Crippen LogP) is 2.27. The lowest BCUT2D eigenvalue weighted by molar-refractivity contribution is -0.130. The van der Waals surface area contributed by atoms with E-state index in [9.17, 15) is 4.79 Å². The minimum absolute atomic E-state index is 0.191. The van der Waals surface area contributed by atoms with E-state index in [-0.39, 0.29) is 5.91 Å². The molecule has 1 amide bonds. The first-order valence-electron chi connectivity index (χ1n) is 8.14. The maximum atomic E-state index is 12.1. The van der Waals surface area contributed by atoms with Crippen molar-refractivity contribution >= 4 is 23.1 Å². The third-order valence-corrected chi connectivity index (χ3v) is 4.77. The fourth-order valence-corrected chi connectivity index (χ4v) is 3.01. The summed E-state index contributed by atoms with van der Waals surface area (Å²) >= 11 is 4.85. The van der Waals surface area contributed by atoms with E-state index < -0.39 is 0 Å². The van der Waals surface area contributed by atoms with Gasteiger partial charge in [-0.3, -0.25) is 4.79 Å². The van der Waals surface area contributed by atoms with Crippen LogP contribution in [0, 0.1) is 11.8 Å². The molecule has 1 rings (SSSR count). The van der Waals surface area contributed by atoms with Crippen molar-refractivity contribution < 1.29 is 4.79 Å². The van der Waals surface area contributed by atoms with Gasteiger partial charge >= 0.3 is 0 Å². The van der Waals surface area contributed by atoms with E-state index in [1.807, 2.05) is 7.05 Å². The number of nitrogens with two attached hydrogens (primary N) is 1. The van der Waals surface area contributed by atoms with Gasteiger partial charge in [-0.05, 0) is 44.2 Å². The van der Waals surface area contributed by atoms with Crippen LogP contribution in [0.3, 0.4) is 0 Å². The van der Waals surface area contributed by atoms with Gasteiger partial charge in [0.15, 0.2) is 0 Å². The molecule has 122 valence electrons. The summed E-state index contributed by atoms with van der Waals surface area (Å²) < 4.78 is 0. The van der Waals surface area contributed by atoms with E-state index in [1.165, 1.54) is 19.3 Å². The fraction of sp³-hybridized carbons (Fsp3) is 0.875. The van der Waals surface area contributed by atoms with E-state index in [0.29, 0.717) is 24.4 Å². The van der Waals surface area contributed by atoms with Crippen LogP contribution in [-0.4, -0.2) is 53.9 Å². The Hall–Kier alpha value is -0.680. The molecular formula is C16H31N3OS. The van der Waals surface area contributed by atoms with Gasteiger partial charge in [-0.25, -0.2) is 0 Å². The van der Waals surface area contributed by atoms with Crippen LogP contribution < -0.4 is 5.73 Å². The summed E-state index contributed by atoms with van der Waals surface area (Å²) in [6, 6.07) is 0. The van der Waals surface area contributed by atoms with Gasteiger partial charge in [0.05, 0.1) is 4.99 Å². The molecule has 0 radical (unpaired) electrons. The lowest BCUT2D eigenvalue weighted by Gasteiger charge is -2.23. The maximum absolute atomic E-state index is 12.1. The summed E-state index contributed by atoms with van der Waals surface area (Å²) in [4.78, 5) is 16.7. The third-order valence-electron chi connectivity index (χ3n) is 4.57. The van der Waals surface area contributed by atoms with Crippen molar-refractivity contribution in [2.75, 3.05) is 33.2 Å². The predicted molar refractivity (Wildman–Crippen MR) is 92.3 cm³/mol. The number of thiocarbonyl (C=S) groups is 1. The summed E-state index contributed by atoms with van der Waals surface area (Å²) in [6.45, 7) is 8.41. The highest BCUT2D eigenvalue weighted by molar-refractivity contribution is 7.80. The number of hydrogen-bond donors (Lipinski definition) is 1. The minimum atomic E-state index is 0.191. The molecule has 4 nitrogen and oxygen atoms in total. The van der Waals surface area contributed by atoms with Crippen LogP contribution in [0.5, 0.6) is 0 Å². The average Bonchev–Trinajstić information content (AvgIpc) is 2.67. The Morgan fingerprint density at radius 2 is 2.05 bits per heavy atom. The zero-order valence-electron chi connectivity index (χ0n) is 13.8. The van der Waals surface area contributed by atoms with Gasteiger partial charge in [0.2, 0.25) is 5.91 Å². The molecule has 1 fully saturated rings. The van der Waals surface area contributed by atoms with Crippen LogP contribution >= 0.6 is 12.2 Å². The zero-order chi connectivity index (χ0) is 15.8. The van der Waals surface area contributed by atoms with Gasteiger partial charge < -0.3 is 15.5 Å². The Morgan fingerprint density at radius 3 is 2.67 bits per heavy atom. The van der Waals surface area contributed by atoms with Crippen LogP contribution in [-0.2, 0) is 4.79 Å². The molecule has 1 atom stereocenters. The van der Waals surface area contributed by atoms with E-state index in [1.54, 1.807) is 4.90 Å². The molecule has 0 aromatic rings. The van der Waals surface area contributed by atoms with Crippen LogP contribution in [0.15, 0.2) is 0 Å². The second-order valence-corrected chi connectivity index (χ2v) is 7.08. The highest BCUT2D eigenvalue weighted by Crippen LogP contribution is 2.24. The van der Waals surface area contributed by atoms with Crippen molar-refractivity contribution in [1.82, 2.24) is 9.80 Å². The minimum Gasteiger partial charge on any atom is -0.393 e. The van der Waals surface area contributed by atoms with Crippen molar-refractivity contribution in [3.05, 3.63) is 0 Å². The Labute approximate surface area is 135 Å². The number of carbonyl (C=O) groups is 1. The molecule has 1 saturated heterocycles. The smallest absolute Gasteiger partial charge is 0.223 e. The van der Waals surface area contributed by atoms with Crippen molar-refractivity contribution in [2.45, 2.75) is 46.0 Å². The highest BCUT2D eigenvalue weighted by atomic mass is 32.1. The number of carbonyl (C=O) groups excluding carboxylic acids is 1. The highest BCUT2D eigenvalue weighted by Gasteiger charge is 2.20. The van der Waals surface area contributed by atoms with E-state index >= 15 is 0 Å². The molecule has 21 heavy (non-hydrogen) atoms. The van der Waals surface area contributed by atoms with Gasteiger partial charge in [-0.1, -0.05) is 26.1 Å². The summed E-state index contributed by atoms with van der Waals surface area (Å²) in [7, 11) is 1.83. The van der Waals surface area contributed by atoms with Gasteiger partial charge in [-0.15, -0.1) is 0 Å². The molecule has 1 aliphatic heterocycles. The number of likely N-dealkylation sites (tertiary alicyclic amines) is 1. The van der Waals surface area contributed by atoms with E-state index in [2.05, 4.69) is 18.7 Å². The molecule has 2 N–H and O–H groups in total. The molecule has 0 aliphatic carbocycles. The number of rotatable bonds is 7. The van der Waals surface area contributed by atoms with E-state index in [0.717, 1.165) is 31.5 Å². The molecule has 1 aliphatic rings. The summed E-state index contributed by atoms with van der Waals surface area (Å²) in [5, 5.41) is 0. The van der Waals surface area contributed by atoms with Crippen LogP contribution in [0.1, 0.15) is 46.0 Å². The quantitative estimate of drug-likeness (QED) is 0.733. The van der Waals surface area contributed by atoms with Crippen molar-refractivity contribution in [3.63, 3.8) is 0 Å². The standard InChI is InChI=1S/C16H31N3OS/c1-13(2)14-5-4-9-19(11-6-14)12-8-16(20)18(3)10-7-15(17)21/h13-14H,4-12H2,1-3H3,(H2,17,21). The van der Waals surface area contributed by atoms with Crippen molar-refractivity contribution in [3.8, 4) is 0 Å². The SMILES string of the molecule is CC(C)C1CCCN(CCC(=O)N(C)CCC(N)=S)CC1. The molecule has 1 unspecified atom stereocenters. The maximum Gasteiger partial charge on any atom is 0.223 e. The van der Waals surface area contributed by atoms with Crippen molar-refractivity contribution in [1.29, 1.82) is 0 Å². The molecule has 0 aromatic carbocycles. The lowest BCUT2D eigenvalue weighted by Crippen LogP contribution is -2.34. The second-order valence-electron chi connectivity index (χ2n) is 6.56. The molecular weight excluding hydrogens is 282 g/mol. The van der Waals surface area contributed by atoms with Gasteiger partial charge in [0.1, 0.15) is 0 Å². The molecule has 0 bridgehead atoms. The first-order chi connectivity index (χ1) is 9.90. The first kappa shape index (κ1) is 18.4. The summed E-state index contributed by atoms with van der Waals surface area (Å²) in [5.41, 5.74) is 5.47. The average molecular weight is 314 g/mol. The second kappa shape index (κ2) is 9.36. The summed E-state index contributed by atoms with van der Waals surface area (Å²) in [5.74, 6) is 1.81. The lowest BCUT2D eigenvalue weighted by atomic mass is 9.89. The fourth-order valence-electron chi connectivity index (χ4n) is 2.92. The third kappa shape index (κ3) is 7.23. The normalized spacial score (nSPS) is 20.3. The number of hydrogen-bond acceptors (Lipinski definition) is 3. The number of amides is 1. The topological polar surface area (TPSA) is 49.6 Å². The van der Waals surface area contributed by atoms with Gasteiger partial charge in [0.25, 0.3) is 0 Å². The Balaban J connectivity index is 2.27. The molecule has 0 saturated carbocycles. The van der Waals surface area contributed by atoms with Gasteiger partial charge in [0, 0.05) is 33.0 Å². The first-order valence-corrected chi connectivity index (χ1v) is 8.55. The van der Waals surface area contributed by atoms with Crippen LogP contribution in [0.4, 0.5) is 0 Å². The molecule has 1 heterocycles. The van der Waals surface area contributed by atoms with E-state index in [4.69, 9.17) is 18.0 Å². The largest absolute Gasteiger partial charge is 0.393 e. The Kier molecular flexibility index (Phi) is 8.19. The van der Waals surface area contributed by atoms with Crippen LogP contribution in [0.2, 0.25) is 0 Å². The zero-order valence-corrected chi connectivity index (χ0v) is 14.6. The van der Waals surface area contributed by atoms with Crippen molar-refractivity contribution in [2.24, 2.45) is 17.6 Å². The summed E-state index contributed by atoms with van der Waals surface area (Å²) in [6.07, 6.45) is 5.06. The Morgan fingerprint density at radius 1 is 1.33 bits per heavy atom. The molecule has 5 heteroatoms. The van der Waals surface area contributed by atoms with Gasteiger partial charge in [-0.2, -0.15) is 0 Å². The molecule has 0 spiro atoms.